The van der Waals surface area contributed by atoms with Crippen LogP contribution < -0.4 is 5.32 Å². The highest BCUT2D eigenvalue weighted by molar-refractivity contribution is 7.12. The molecule has 0 aliphatic carbocycles. The number of thiophene rings is 1. The number of aryl methyl sites for hydroxylation is 2. The molecule has 0 spiro atoms. The molecule has 1 N–H and O–H groups in total. The van der Waals surface area contributed by atoms with E-state index in [1.54, 1.807) is 0 Å². The molecule has 1 aromatic carbocycles. The lowest BCUT2D eigenvalue weighted by atomic mass is 10.0. The number of hydrogen-bond donors (Lipinski definition) is 1. The number of carbonyl (C=O) groups excluding carboxylic acids is 1. The van der Waals surface area contributed by atoms with Gasteiger partial charge < -0.3 is 10.2 Å². The smallest absolute Gasteiger partial charge is 0.261 e. The Labute approximate surface area is 137 Å². The van der Waals surface area contributed by atoms with Crippen molar-refractivity contribution >= 4 is 17.2 Å². The summed E-state index contributed by atoms with van der Waals surface area (Å²) >= 11 is 1.49. The number of nitrogens with zero attached hydrogens (tertiary/aromatic N) is 1. The molecule has 0 saturated carbocycles. The molecular weight excluding hydrogens is 292 g/mol. The third-order valence-electron chi connectivity index (χ3n) is 3.92. The first kappa shape index (κ1) is 16.7. The summed E-state index contributed by atoms with van der Waals surface area (Å²) in [5, 5.41) is 5.02. The van der Waals surface area contributed by atoms with Crippen LogP contribution in [0, 0.1) is 6.92 Å². The quantitative estimate of drug-likeness (QED) is 0.882. The van der Waals surface area contributed by atoms with Crippen molar-refractivity contribution in [3.63, 3.8) is 0 Å². The summed E-state index contributed by atoms with van der Waals surface area (Å²) in [5.41, 5.74) is 3.60. The van der Waals surface area contributed by atoms with E-state index in [9.17, 15) is 4.79 Å². The first-order chi connectivity index (χ1) is 10.5. The zero-order valence-corrected chi connectivity index (χ0v) is 14.5. The number of likely N-dealkylation sites (N-methyl/N-ethyl adjacent to an activating group) is 1. The van der Waals surface area contributed by atoms with E-state index >= 15 is 0 Å². The van der Waals surface area contributed by atoms with Crippen LogP contribution in [0.15, 0.2) is 35.7 Å². The van der Waals surface area contributed by atoms with Gasteiger partial charge in [0.2, 0.25) is 0 Å². The van der Waals surface area contributed by atoms with E-state index in [2.05, 4.69) is 41.4 Å². The second-order valence-corrected chi connectivity index (χ2v) is 6.63. The summed E-state index contributed by atoms with van der Waals surface area (Å²) in [6.07, 6.45) is 1.04. The fourth-order valence-electron chi connectivity index (χ4n) is 2.45. The van der Waals surface area contributed by atoms with Crippen LogP contribution in [0.1, 0.15) is 39.3 Å². The van der Waals surface area contributed by atoms with Crippen LogP contribution in [0.25, 0.3) is 0 Å². The maximum atomic E-state index is 12.3. The Kier molecular flexibility index (Phi) is 5.75. The van der Waals surface area contributed by atoms with Crippen LogP contribution in [0.3, 0.4) is 0 Å². The van der Waals surface area contributed by atoms with Gasteiger partial charge in [0, 0.05) is 6.54 Å². The highest BCUT2D eigenvalue weighted by atomic mass is 32.1. The summed E-state index contributed by atoms with van der Waals surface area (Å²) in [5.74, 6) is 0.0181. The number of amides is 1. The fraction of sp³-hybridized carbons (Fsp3) is 0.389. The molecule has 1 amide bonds. The Hall–Kier alpha value is -1.65. The largest absolute Gasteiger partial charge is 0.349 e. The summed E-state index contributed by atoms with van der Waals surface area (Å²) in [6.45, 7) is 4.73. The van der Waals surface area contributed by atoms with E-state index in [4.69, 9.17) is 0 Å². The Morgan fingerprint density at radius 1 is 1.23 bits per heavy atom. The summed E-state index contributed by atoms with van der Waals surface area (Å²) in [4.78, 5) is 15.2. The molecule has 22 heavy (non-hydrogen) atoms. The van der Waals surface area contributed by atoms with Gasteiger partial charge in [0.25, 0.3) is 5.91 Å². The van der Waals surface area contributed by atoms with E-state index in [-0.39, 0.29) is 11.9 Å². The highest BCUT2D eigenvalue weighted by Gasteiger charge is 2.17. The summed E-state index contributed by atoms with van der Waals surface area (Å²) in [6, 6.07) is 10.8. The second kappa shape index (κ2) is 7.56. The summed E-state index contributed by atoms with van der Waals surface area (Å²) < 4.78 is 0. The van der Waals surface area contributed by atoms with Crippen molar-refractivity contribution in [2.24, 2.45) is 0 Å². The molecule has 0 bridgehead atoms. The first-order valence-corrected chi connectivity index (χ1v) is 8.48. The molecular formula is C18H24N2OS. The number of nitrogens with one attached hydrogen (secondary N) is 1. The maximum Gasteiger partial charge on any atom is 0.261 e. The van der Waals surface area contributed by atoms with Gasteiger partial charge in [-0.15, -0.1) is 11.3 Å². The molecule has 0 fully saturated rings. The zero-order valence-electron chi connectivity index (χ0n) is 13.7. The van der Waals surface area contributed by atoms with Gasteiger partial charge in [-0.2, -0.15) is 0 Å². The van der Waals surface area contributed by atoms with Gasteiger partial charge in [0.05, 0.1) is 10.9 Å². The van der Waals surface area contributed by atoms with Gasteiger partial charge in [-0.3, -0.25) is 4.79 Å². The van der Waals surface area contributed by atoms with Crippen molar-refractivity contribution < 1.29 is 4.79 Å². The van der Waals surface area contributed by atoms with Crippen LogP contribution in [-0.4, -0.2) is 31.4 Å². The molecule has 0 saturated heterocycles. The predicted molar refractivity (Wildman–Crippen MR) is 93.6 cm³/mol. The number of carbonyl (C=O) groups is 1. The topological polar surface area (TPSA) is 32.3 Å². The molecule has 0 radical (unpaired) electrons. The Bertz CT molecular complexity index is 616. The molecule has 3 nitrogen and oxygen atoms in total. The average Bonchev–Trinajstić information content (AvgIpc) is 2.94. The van der Waals surface area contributed by atoms with Crippen LogP contribution in [0.5, 0.6) is 0 Å². The van der Waals surface area contributed by atoms with E-state index in [0.29, 0.717) is 6.54 Å². The molecule has 0 unspecified atom stereocenters. The average molecular weight is 316 g/mol. The lowest BCUT2D eigenvalue weighted by Gasteiger charge is -2.25. The molecule has 0 aliphatic heterocycles. The van der Waals surface area contributed by atoms with Crippen LogP contribution in [0.4, 0.5) is 0 Å². The predicted octanol–water partition coefficient (Wildman–Crippen LogP) is 3.65. The van der Waals surface area contributed by atoms with Gasteiger partial charge in [0.15, 0.2) is 0 Å². The third-order valence-corrected chi connectivity index (χ3v) is 4.94. The van der Waals surface area contributed by atoms with Gasteiger partial charge in [-0.05, 0) is 55.6 Å². The maximum absolute atomic E-state index is 12.3. The van der Waals surface area contributed by atoms with Gasteiger partial charge >= 0.3 is 0 Å². The fourth-order valence-corrected chi connectivity index (χ4v) is 3.29. The molecule has 1 heterocycles. The van der Waals surface area contributed by atoms with Crippen molar-refractivity contribution in [3.05, 3.63) is 57.3 Å². The molecule has 1 aromatic heterocycles. The molecule has 2 rings (SSSR count). The lowest BCUT2D eigenvalue weighted by molar-refractivity contribution is 0.0945. The minimum absolute atomic E-state index is 0.0181. The zero-order chi connectivity index (χ0) is 16.1. The van der Waals surface area contributed by atoms with Gasteiger partial charge in [-0.1, -0.05) is 31.2 Å². The molecule has 4 heteroatoms. The number of benzene rings is 1. The molecule has 118 valence electrons. The van der Waals surface area contributed by atoms with Gasteiger partial charge in [-0.25, -0.2) is 0 Å². The standard InChI is InChI=1S/C18H24N2OS/c1-5-14-6-8-15(9-7-14)16(20(3)4)12-19-18(21)17-13(2)10-11-22-17/h6-11,16H,5,12H2,1-4H3,(H,19,21)/t16-/m1/s1. The van der Waals surface area contributed by atoms with Crippen LogP contribution in [0.2, 0.25) is 0 Å². The minimum Gasteiger partial charge on any atom is -0.349 e. The summed E-state index contributed by atoms with van der Waals surface area (Å²) in [7, 11) is 4.09. The lowest BCUT2D eigenvalue weighted by Crippen LogP contribution is -2.34. The SMILES string of the molecule is CCc1ccc([C@@H](CNC(=O)c2sccc2C)N(C)C)cc1. The Balaban J connectivity index is 2.05. The van der Waals surface area contributed by atoms with E-state index in [1.165, 1.54) is 22.5 Å². The van der Waals surface area contributed by atoms with E-state index in [0.717, 1.165) is 16.9 Å². The van der Waals surface area contributed by atoms with Crippen LogP contribution >= 0.6 is 11.3 Å². The normalized spacial score (nSPS) is 12.4. The van der Waals surface area contributed by atoms with Crippen molar-refractivity contribution in [1.82, 2.24) is 10.2 Å². The van der Waals surface area contributed by atoms with Crippen LogP contribution in [-0.2, 0) is 6.42 Å². The van der Waals surface area contributed by atoms with Crippen molar-refractivity contribution in [2.75, 3.05) is 20.6 Å². The van der Waals surface area contributed by atoms with Gasteiger partial charge in [0.1, 0.15) is 0 Å². The number of hydrogen-bond acceptors (Lipinski definition) is 3. The van der Waals surface area contributed by atoms with Crippen molar-refractivity contribution in [2.45, 2.75) is 26.3 Å². The van der Waals surface area contributed by atoms with E-state index < -0.39 is 0 Å². The highest BCUT2D eigenvalue weighted by Crippen LogP contribution is 2.20. The Morgan fingerprint density at radius 2 is 1.91 bits per heavy atom. The minimum atomic E-state index is 0.0181. The van der Waals surface area contributed by atoms with Crippen molar-refractivity contribution in [1.29, 1.82) is 0 Å². The molecule has 0 aliphatic rings. The second-order valence-electron chi connectivity index (χ2n) is 5.72. The van der Waals surface area contributed by atoms with E-state index in [1.807, 2.05) is 32.5 Å². The van der Waals surface area contributed by atoms with Crippen molar-refractivity contribution in [3.8, 4) is 0 Å². The monoisotopic (exact) mass is 316 g/mol. The Morgan fingerprint density at radius 3 is 2.41 bits per heavy atom. The molecule has 2 aromatic rings. The molecule has 1 atom stereocenters. The number of rotatable bonds is 6. The first-order valence-electron chi connectivity index (χ1n) is 7.60. The third kappa shape index (κ3) is 3.96.